The molecule has 0 spiro atoms. The van der Waals surface area contributed by atoms with E-state index < -0.39 is 12.3 Å². The zero-order chi connectivity index (χ0) is 17.4. The second-order valence-electron chi connectivity index (χ2n) is 6.47. The Balaban J connectivity index is 1.53. The van der Waals surface area contributed by atoms with Gasteiger partial charge in [-0.15, -0.1) is 10.2 Å². The van der Waals surface area contributed by atoms with Gasteiger partial charge in [-0.2, -0.15) is 8.78 Å². The molecule has 6 nitrogen and oxygen atoms in total. The molecule has 1 aromatic carbocycles. The van der Waals surface area contributed by atoms with Crippen LogP contribution in [0, 0.1) is 0 Å². The fourth-order valence-corrected chi connectivity index (χ4v) is 3.43. The fraction of sp³-hybridized carbons (Fsp3) is 0.471. The lowest BCUT2D eigenvalue weighted by Gasteiger charge is -2.28. The minimum absolute atomic E-state index is 0.00964. The lowest BCUT2D eigenvalue weighted by atomic mass is 9.96. The number of nitrogens with zero attached hydrogens (tertiary/aromatic N) is 3. The van der Waals surface area contributed by atoms with Crippen LogP contribution < -0.4 is 5.43 Å². The lowest BCUT2D eigenvalue weighted by molar-refractivity contribution is 0.0621. The molecule has 0 bridgehead atoms. The van der Waals surface area contributed by atoms with Crippen LogP contribution in [0.3, 0.4) is 0 Å². The van der Waals surface area contributed by atoms with Crippen molar-refractivity contribution in [1.82, 2.24) is 20.6 Å². The monoisotopic (exact) mass is 348 g/mol. The Labute approximate surface area is 143 Å². The molecule has 2 aromatic rings. The minimum atomic E-state index is -2.81. The smallest absolute Gasteiger partial charge is 0.314 e. The molecule has 0 saturated heterocycles. The van der Waals surface area contributed by atoms with E-state index in [4.69, 9.17) is 4.42 Å². The number of hydrogen-bond donors (Lipinski definition) is 1. The number of halogens is 2. The van der Waals surface area contributed by atoms with E-state index in [1.165, 1.54) is 19.3 Å². The van der Waals surface area contributed by atoms with E-state index in [1.807, 2.05) is 0 Å². The van der Waals surface area contributed by atoms with Gasteiger partial charge >= 0.3 is 6.43 Å². The summed E-state index contributed by atoms with van der Waals surface area (Å²) in [5.41, 5.74) is 5.22. The van der Waals surface area contributed by atoms with E-state index in [-0.39, 0.29) is 11.8 Å². The number of carbonyl (C=O) groups is 1. The number of nitrogens with one attached hydrogen (secondary N) is 1. The lowest BCUT2D eigenvalue weighted by Crippen LogP contribution is -2.45. The van der Waals surface area contributed by atoms with Crippen molar-refractivity contribution in [2.24, 2.45) is 0 Å². The molecule has 1 saturated carbocycles. The second-order valence-corrected chi connectivity index (χ2v) is 6.47. The molecular weight excluding hydrogens is 330 g/mol. The molecule has 0 atom stereocenters. The third kappa shape index (κ3) is 3.13. The van der Waals surface area contributed by atoms with Crippen LogP contribution in [-0.4, -0.2) is 27.2 Å². The van der Waals surface area contributed by atoms with Crippen LogP contribution in [0.5, 0.6) is 0 Å². The van der Waals surface area contributed by atoms with Gasteiger partial charge in [0.05, 0.1) is 6.54 Å². The fourth-order valence-electron chi connectivity index (χ4n) is 3.43. The van der Waals surface area contributed by atoms with E-state index >= 15 is 0 Å². The van der Waals surface area contributed by atoms with Gasteiger partial charge in [0.1, 0.15) is 0 Å². The molecule has 4 rings (SSSR count). The Morgan fingerprint density at radius 1 is 1.20 bits per heavy atom. The van der Waals surface area contributed by atoms with Crippen molar-refractivity contribution in [3.63, 3.8) is 0 Å². The summed E-state index contributed by atoms with van der Waals surface area (Å²) in [6.45, 7) is 0.497. The average molecular weight is 348 g/mol. The molecule has 0 unspecified atom stereocenters. The Morgan fingerprint density at radius 2 is 2.00 bits per heavy atom. The molecule has 0 radical (unpaired) electrons. The van der Waals surface area contributed by atoms with Crippen molar-refractivity contribution in [3.8, 4) is 11.5 Å². The van der Waals surface area contributed by atoms with Crippen molar-refractivity contribution in [2.45, 2.75) is 51.1 Å². The van der Waals surface area contributed by atoms with Crippen LogP contribution in [-0.2, 0) is 6.54 Å². The number of rotatable bonds is 4. The zero-order valence-corrected chi connectivity index (χ0v) is 13.5. The molecule has 2 aliphatic rings. The van der Waals surface area contributed by atoms with Crippen molar-refractivity contribution < 1.29 is 18.0 Å². The number of aromatic nitrogens is 2. The Morgan fingerprint density at radius 3 is 2.72 bits per heavy atom. The van der Waals surface area contributed by atoms with E-state index in [2.05, 4.69) is 15.6 Å². The zero-order valence-electron chi connectivity index (χ0n) is 13.5. The molecule has 1 aromatic heterocycles. The molecule has 8 heteroatoms. The van der Waals surface area contributed by atoms with Gasteiger partial charge in [-0.05, 0) is 30.5 Å². The van der Waals surface area contributed by atoms with E-state index in [9.17, 15) is 13.6 Å². The van der Waals surface area contributed by atoms with Gasteiger partial charge in [-0.25, -0.2) is 5.43 Å². The van der Waals surface area contributed by atoms with Crippen LogP contribution in [0.15, 0.2) is 22.6 Å². The maximum absolute atomic E-state index is 12.6. The van der Waals surface area contributed by atoms with Crippen LogP contribution in [0.2, 0.25) is 0 Å². The first kappa shape index (κ1) is 16.1. The highest BCUT2D eigenvalue weighted by atomic mass is 19.3. The van der Waals surface area contributed by atoms with Crippen molar-refractivity contribution in [1.29, 1.82) is 0 Å². The summed E-state index contributed by atoms with van der Waals surface area (Å²) in [6.07, 6.45) is 2.95. The second kappa shape index (κ2) is 6.51. The summed E-state index contributed by atoms with van der Waals surface area (Å²) in [5.74, 6) is -0.844. The molecule has 1 fully saturated rings. The molecule has 1 N–H and O–H groups in total. The van der Waals surface area contributed by atoms with Gasteiger partial charge < -0.3 is 4.42 Å². The van der Waals surface area contributed by atoms with Gasteiger partial charge in [0.2, 0.25) is 5.89 Å². The number of benzene rings is 1. The quantitative estimate of drug-likeness (QED) is 0.916. The van der Waals surface area contributed by atoms with Crippen LogP contribution in [0.4, 0.5) is 8.78 Å². The SMILES string of the molecule is O=C1c2cc(-c3nnc(C(F)F)o3)ccc2CN1NC1CCCCC1. The predicted molar refractivity (Wildman–Crippen MR) is 84.6 cm³/mol. The minimum Gasteiger partial charge on any atom is -0.415 e. The van der Waals surface area contributed by atoms with Crippen LogP contribution in [0.1, 0.15) is 60.3 Å². The summed E-state index contributed by atoms with van der Waals surface area (Å²) in [7, 11) is 0. The Bertz CT molecular complexity index is 787. The van der Waals surface area contributed by atoms with Crippen molar-refractivity contribution in [2.75, 3.05) is 0 Å². The summed E-state index contributed by atoms with van der Waals surface area (Å²) in [6, 6.07) is 5.47. The first-order chi connectivity index (χ1) is 12.1. The molecular formula is C17H18F2N4O2. The maximum Gasteiger partial charge on any atom is 0.314 e. The number of carbonyl (C=O) groups excluding carboxylic acids is 1. The number of fused-ring (bicyclic) bond motifs is 1. The standard InChI is InChI=1S/C17H18F2N4O2/c18-14(19)16-21-20-15(25-16)10-6-7-11-9-23(17(24)13(11)8-10)22-12-4-2-1-3-5-12/h6-8,12,14,22H,1-5,9H2. The van der Waals surface area contributed by atoms with Crippen molar-refractivity contribution in [3.05, 3.63) is 35.2 Å². The van der Waals surface area contributed by atoms with E-state index in [0.717, 1.165) is 18.4 Å². The van der Waals surface area contributed by atoms with Crippen LogP contribution >= 0.6 is 0 Å². The first-order valence-electron chi connectivity index (χ1n) is 8.44. The van der Waals surface area contributed by atoms with Crippen LogP contribution in [0.25, 0.3) is 11.5 Å². The summed E-state index contributed by atoms with van der Waals surface area (Å²) in [5, 5.41) is 8.60. The maximum atomic E-state index is 12.6. The number of hydrogen-bond acceptors (Lipinski definition) is 5. The largest absolute Gasteiger partial charge is 0.415 e. The summed E-state index contributed by atoms with van der Waals surface area (Å²) < 4.78 is 30.1. The highest BCUT2D eigenvalue weighted by Crippen LogP contribution is 2.29. The highest BCUT2D eigenvalue weighted by Gasteiger charge is 2.30. The van der Waals surface area contributed by atoms with Gasteiger partial charge in [-0.1, -0.05) is 25.3 Å². The van der Waals surface area contributed by atoms with Gasteiger partial charge in [0.25, 0.3) is 11.8 Å². The number of hydrazine groups is 1. The molecule has 1 aliphatic heterocycles. The Hall–Kier alpha value is -2.35. The van der Waals surface area contributed by atoms with E-state index in [0.29, 0.717) is 23.7 Å². The highest BCUT2D eigenvalue weighted by molar-refractivity contribution is 5.99. The molecule has 1 amide bonds. The normalized spacial score (nSPS) is 18.2. The third-order valence-electron chi connectivity index (χ3n) is 4.73. The Kier molecular flexibility index (Phi) is 4.20. The van der Waals surface area contributed by atoms with Gasteiger partial charge in [0, 0.05) is 17.2 Å². The summed E-state index contributed by atoms with van der Waals surface area (Å²) in [4.78, 5) is 12.6. The van der Waals surface area contributed by atoms with Crippen molar-refractivity contribution >= 4 is 5.91 Å². The average Bonchev–Trinajstić information content (AvgIpc) is 3.22. The molecule has 1 aliphatic carbocycles. The third-order valence-corrected chi connectivity index (χ3v) is 4.73. The topological polar surface area (TPSA) is 71.3 Å². The van der Waals surface area contributed by atoms with Gasteiger partial charge in [-0.3, -0.25) is 9.80 Å². The first-order valence-corrected chi connectivity index (χ1v) is 8.44. The number of alkyl halides is 2. The molecule has 25 heavy (non-hydrogen) atoms. The molecule has 132 valence electrons. The number of amides is 1. The van der Waals surface area contributed by atoms with E-state index in [1.54, 1.807) is 23.2 Å². The molecule has 2 heterocycles. The summed E-state index contributed by atoms with van der Waals surface area (Å²) >= 11 is 0. The predicted octanol–water partition coefficient (Wildman–Crippen LogP) is 3.47. The van der Waals surface area contributed by atoms with Gasteiger partial charge in [0.15, 0.2) is 0 Å².